The average Bonchev–Trinajstić information content (AvgIpc) is 2.98. The van der Waals surface area contributed by atoms with E-state index in [-0.39, 0.29) is 11.7 Å². The van der Waals surface area contributed by atoms with Crippen LogP contribution in [-0.4, -0.2) is 44.7 Å². The number of rotatable bonds is 7. The molecule has 10 heteroatoms. The van der Waals surface area contributed by atoms with Gasteiger partial charge >= 0.3 is 6.18 Å². The third-order valence-corrected chi connectivity index (χ3v) is 5.81. The van der Waals surface area contributed by atoms with Crippen LogP contribution in [0, 0.1) is 5.92 Å². The lowest BCUT2D eigenvalue weighted by Crippen LogP contribution is -2.28. The summed E-state index contributed by atoms with van der Waals surface area (Å²) >= 11 is 0. The van der Waals surface area contributed by atoms with Crippen molar-refractivity contribution in [2.45, 2.75) is 70.9 Å². The molecule has 0 bridgehead atoms. The Morgan fingerprint density at radius 2 is 1.88 bits per heavy atom. The van der Waals surface area contributed by atoms with E-state index in [1.165, 1.54) is 12.3 Å². The van der Waals surface area contributed by atoms with Crippen LogP contribution in [0.2, 0.25) is 0 Å². The summed E-state index contributed by atoms with van der Waals surface area (Å²) in [6, 6.07) is 2.51. The van der Waals surface area contributed by atoms with Crippen molar-refractivity contribution in [2.24, 2.45) is 5.92 Å². The Labute approximate surface area is 192 Å². The maximum atomic E-state index is 13.4. The highest BCUT2D eigenvalue weighted by Crippen LogP contribution is 2.33. The summed E-state index contributed by atoms with van der Waals surface area (Å²) in [5.74, 6) is 1.49. The average molecular weight is 467 g/mol. The molecule has 2 aromatic rings. The second kappa shape index (κ2) is 10.5. The van der Waals surface area contributed by atoms with Gasteiger partial charge in [0.05, 0.1) is 0 Å². The maximum Gasteiger partial charge on any atom is 0.433 e. The minimum Gasteiger partial charge on any atom is -0.493 e. The number of alkyl halides is 3. The Morgan fingerprint density at radius 3 is 2.58 bits per heavy atom. The van der Waals surface area contributed by atoms with Crippen LogP contribution in [0.5, 0.6) is 5.88 Å². The van der Waals surface area contributed by atoms with Gasteiger partial charge in [-0.25, -0.2) is 15.0 Å². The van der Waals surface area contributed by atoms with E-state index in [2.05, 4.69) is 25.3 Å². The van der Waals surface area contributed by atoms with Crippen LogP contribution < -0.4 is 10.2 Å². The molecule has 0 radical (unpaired) electrons. The minimum atomic E-state index is -4.50. The standard InChI is InChI=1S/C23H33F3N6O/c1-22(2,3)20-29-17(23(24,25)26)15-18(30-20)32-13-6-8-16(10-14-32)7-4-5-11-27-21-28-12-9-19(33)31-21/h9,12,15-16H,4-8,10-11,13-14H2,1-3H3,(H2,27,28,31,33). The van der Waals surface area contributed by atoms with E-state index in [0.717, 1.165) is 51.1 Å². The molecule has 2 aromatic heterocycles. The maximum absolute atomic E-state index is 13.4. The first kappa shape index (κ1) is 25.0. The lowest BCUT2D eigenvalue weighted by molar-refractivity contribution is -0.141. The van der Waals surface area contributed by atoms with Crippen molar-refractivity contribution in [3.8, 4) is 5.88 Å². The van der Waals surface area contributed by atoms with E-state index >= 15 is 0 Å². The van der Waals surface area contributed by atoms with E-state index in [4.69, 9.17) is 0 Å². The fourth-order valence-corrected chi connectivity index (χ4v) is 3.95. The number of nitrogens with one attached hydrogen (secondary N) is 1. The van der Waals surface area contributed by atoms with Gasteiger partial charge in [0.2, 0.25) is 11.8 Å². The summed E-state index contributed by atoms with van der Waals surface area (Å²) in [6.45, 7) is 7.59. The third-order valence-electron chi connectivity index (χ3n) is 5.81. The number of aromatic nitrogens is 4. The number of anilines is 2. The van der Waals surface area contributed by atoms with Gasteiger partial charge in [-0.2, -0.15) is 18.2 Å². The zero-order valence-corrected chi connectivity index (χ0v) is 19.5. The molecule has 1 atom stereocenters. The molecule has 7 nitrogen and oxygen atoms in total. The summed E-state index contributed by atoms with van der Waals surface area (Å²) in [6.07, 6.45) is 2.98. The fourth-order valence-electron chi connectivity index (χ4n) is 3.95. The predicted molar refractivity (Wildman–Crippen MR) is 121 cm³/mol. The first-order valence-electron chi connectivity index (χ1n) is 11.5. The first-order valence-corrected chi connectivity index (χ1v) is 11.5. The highest BCUT2D eigenvalue weighted by molar-refractivity contribution is 5.41. The smallest absolute Gasteiger partial charge is 0.433 e. The molecule has 0 amide bonds. The Balaban J connectivity index is 1.53. The number of halogens is 3. The van der Waals surface area contributed by atoms with Crippen LogP contribution in [0.4, 0.5) is 24.9 Å². The highest BCUT2D eigenvalue weighted by Gasteiger charge is 2.35. The summed E-state index contributed by atoms with van der Waals surface area (Å²) in [5.41, 5.74) is -1.44. The van der Waals surface area contributed by atoms with Crippen molar-refractivity contribution in [1.29, 1.82) is 0 Å². The van der Waals surface area contributed by atoms with Crippen LogP contribution in [-0.2, 0) is 11.6 Å². The van der Waals surface area contributed by atoms with Gasteiger partial charge in [0.15, 0.2) is 0 Å². The van der Waals surface area contributed by atoms with Crippen LogP contribution in [0.15, 0.2) is 18.3 Å². The van der Waals surface area contributed by atoms with Crippen molar-refractivity contribution in [2.75, 3.05) is 29.9 Å². The number of nitrogens with zero attached hydrogens (tertiary/aromatic N) is 5. The normalized spacial score (nSPS) is 17.6. The topological polar surface area (TPSA) is 87.1 Å². The van der Waals surface area contributed by atoms with E-state index in [0.29, 0.717) is 30.8 Å². The second-order valence-electron chi connectivity index (χ2n) is 9.63. The number of unbranched alkanes of at least 4 members (excludes halogenated alkanes) is 1. The lowest BCUT2D eigenvalue weighted by Gasteiger charge is -2.25. The van der Waals surface area contributed by atoms with Crippen molar-refractivity contribution < 1.29 is 18.3 Å². The number of hydrogen-bond donors (Lipinski definition) is 2. The third kappa shape index (κ3) is 7.43. The zero-order valence-electron chi connectivity index (χ0n) is 19.5. The monoisotopic (exact) mass is 466 g/mol. The van der Waals surface area contributed by atoms with Crippen LogP contribution in [0.3, 0.4) is 0 Å². The molecule has 1 saturated heterocycles. The molecule has 182 valence electrons. The van der Waals surface area contributed by atoms with E-state index in [1.807, 2.05) is 25.7 Å². The summed E-state index contributed by atoms with van der Waals surface area (Å²) < 4.78 is 40.3. The Morgan fingerprint density at radius 1 is 1.09 bits per heavy atom. The van der Waals surface area contributed by atoms with Crippen LogP contribution >= 0.6 is 0 Å². The molecule has 1 unspecified atom stereocenters. The van der Waals surface area contributed by atoms with Gasteiger partial charge in [0, 0.05) is 43.4 Å². The van der Waals surface area contributed by atoms with Gasteiger partial charge in [-0.05, 0) is 31.6 Å². The zero-order chi connectivity index (χ0) is 24.1. The summed E-state index contributed by atoms with van der Waals surface area (Å²) in [5, 5.41) is 12.5. The molecule has 33 heavy (non-hydrogen) atoms. The van der Waals surface area contributed by atoms with Gasteiger partial charge in [0.25, 0.3) is 0 Å². The Kier molecular flexibility index (Phi) is 7.97. The fraction of sp³-hybridized carbons (Fsp3) is 0.652. The Bertz CT molecular complexity index is 884. The molecule has 3 rings (SSSR count). The lowest BCUT2D eigenvalue weighted by atomic mass is 9.94. The summed E-state index contributed by atoms with van der Waals surface area (Å²) in [7, 11) is 0. The molecular formula is C23H33F3N6O. The first-order chi connectivity index (χ1) is 15.5. The van der Waals surface area contributed by atoms with Crippen LogP contribution in [0.25, 0.3) is 0 Å². The molecule has 1 aliphatic heterocycles. The number of hydrogen-bond acceptors (Lipinski definition) is 7. The largest absolute Gasteiger partial charge is 0.493 e. The van der Waals surface area contributed by atoms with Crippen LogP contribution in [0.1, 0.15) is 70.8 Å². The van der Waals surface area contributed by atoms with Gasteiger partial charge in [-0.3, -0.25) is 0 Å². The molecule has 1 aliphatic rings. The van der Waals surface area contributed by atoms with E-state index in [9.17, 15) is 18.3 Å². The minimum absolute atomic E-state index is 0.0591. The molecule has 3 heterocycles. The van der Waals surface area contributed by atoms with Crippen molar-refractivity contribution in [3.63, 3.8) is 0 Å². The molecule has 0 saturated carbocycles. The molecule has 1 fully saturated rings. The summed E-state index contributed by atoms with van der Waals surface area (Å²) in [4.78, 5) is 18.2. The van der Waals surface area contributed by atoms with E-state index < -0.39 is 17.3 Å². The van der Waals surface area contributed by atoms with Crippen molar-refractivity contribution >= 4 is 11.8 Å². The quantitative estimate of drug-likeness (QED) is 0.544. The highest BCUT2D eigenvalue weighted by atomic mass is 19.4. The van der Waals surface area contributed by atoms with E-state index in [1.54, 1.807) is 0 Å². The molecule has 0 aliphatic carbocycles. The number of aromatic hydroxyl groups is 1. The molecular weight excluding hydrogens is 433 g/mol. The van der Waals surface area contributed by atoms with Crippen molar-refractivity contribution in [3.05, 3.63) is 29.8 Å². The molecule has 0 spiro atoms. The van der Waals surface area contributed by atoms with Gasteiger partial charge in [-0.1, -0.05) is 33.6 Å². The molecule has 2 N–H and O–H groups in total. The predicted octanol–water partition coefficient (Wildman–Crippen LogP) is 5.18. The second-order valence-corrected chi connectivity index (χ2v) is 9.63. The molecule has 0 aromatic carbocycles. The van der Waals surface area contributed by atoms with Gasteiger partial charge in [0.1, 0.15) is 17.3 Å². The van der Waals surface area contributed by atoms with Gasteiger partial charge in [-0.15, -0.1) is 0 Å². The van der Waals surface area contributed by atoms with Crippen molar-refractivity contribution in [1.82, 2.24) is 19.9 Å². The van der Waals surface area contributed by atoms with Gasteiger partial charge < -0.3 is 15.3 Å². The SMILES string of the molecule is CC(C)(C)c1nc(N2CCCC(CCCCNc3nccc(O)n3)CC2)cc(C(F)(F)F)n1. The Hall–Kier alpha value is -2.65.